The second kappa shape index (κ2) is 6.70. The SMILES string of the molecule is COC(=O)C1(NC(=O)Cc2ccccc2F)CCCCC1. The summed E-state index contributed by atoms with van der Waals surface area (Å²) in [5, 5.41) is 2.78. The molecule has 1 saturated carbocycles. The maximum atomic E-state index is 13.6. The molecule has 5 heteroatoms. The van der Waals surface area contributed by atoms with Crippen LogP contribution >= 0.6 is 0 Å². The number of nitrogens with one attached hydrogen (secondary N) is 1. The van der Waals surface area contributed by atoms with Crippen molar-refractivity contribution in [1.29, 1.82) is 0 Å². The third-order valence-electron chi connectivity index (χ3n) is 3.97. The monoisotopic (exact) mass is 293 g/mol. The van der Waals surface area contributed by atoms with Gasteiger partial charge in [0, 0.05) is 0 Å². The highest BCUT2D eigenvalue weighted by atomic mass is 19.1. The Morgan fingerprint density at radius 3 is 2.52 bits per heavy atom. The third-order valence-corrected chi connectivity index (χ3v) is 3.97. The van der Waals surface area contributed by atoms with Crippen LogP contribution in [0.15, 0.2) is 24.3 Å². The quantitative estimate of drug-likeness (QED) is 0.867. The van der Waals surface area contributed by atoms with Gasteiger partial charge < -0.3 is 10.1 Å². The Morgan fingerprint density at radius 1 is 1.24 bits per heavy atom. The van der Waals surface area contributed by atoms with E-state index in [9.17, 15) is 14.0 Å². The van der Waals surface area contributed by atoms with E-state index in [1.54, 1.807) is 18.2 Å². The molecule has 0 unspecified atom stereocenters. The van der Waals surface area contributed by atoms with Gasteiger partial charge in [-0.15, -0.1) is 0 Å². The van der Waals surface area contributed by atoms with Crippen LogP contribution in [0.2, 0.25) is 0 Å². The maximum Gasteiger partial charge on any atom is 0.331 e. The molecular formula is C16H20FNO3. The van der Waals surface area contributed by atoms with Crippen molar-refractivity contribution < 1.29 is 18.7 Å². The summed E-state index contributed by atoms with van der Waals surface area (Å²) in [5.41, 5.74) is -0.624. The third kappa shape index (κ3) is 3.60. The fourth-order valence-corrected chi connectivity index (χ4v) is 2.86. The minimum Gasteiger partial charge on any atom is -0.467 e. The van der Waals surface area contributed by atoms with Gasteiger partial charge in [0.15, 0.2) is 0 Å². The molecular weight excluding hydrogens is 273 g/mol. The second-order valence-corrected chi connectivity index (χ2v) is 5.45. The molecule has 0 bridgehead atoms. The summed E-state index contributed by atoms with van der Waals surface area (Å²) in [5.74, 6) is -1.18. The lowest BCUT2D eigenvalue weighted by Gasteiger charge is -2.35. The van der Waals surface area contributed by atoms with Crippen LogP contribution in [0.25, 0.3) is 0 Å². The van der Waals surface area contributed by atoms with Crippen LogP contribution in [0, 0.1) is 5.82 Å². The molecule has 0 aliphatic heterocycles. The highest BCUT2D eigenvalue weighted by Crippen LogP contribution is 2.29. The number of methoxy groups -OCH3 is 1. The Kier molecular flexibility index (Phi) is 4.94. The van der Waals surface area contributed by atoms with Gasteiger partial charge in [0.2, 0.25) is 5.91 Å². The molecule has 2 rings (SSSR count). The van der Waals surface area contributed by atoms with Crippen molar-refractivity contribution in [2.45, 2.75) is 44.1 Å². The molecule has 0 aromatic heterocycles. The van der Waals surface area contributed by atoms with E-state index >= 15 is 0 Å². The van der Waals surface area contributed by atoms with Crippen molar-refractivity contribution in [2.75, 3.05) is 7.11 Å². The second-order valence-electron chi connectivity index (χ2n) is 5.45. The Bertz CT molecular complexity index is 524. The lowest BCUT2D eigenvalue weighted by Crippen LogP contribution is -2.56. The number of esters is 1. The Labute approximate surface area is 123 Å². The normalized spacial score (nSPS) is 17.0. The lowest BCUT2D eigenvalue weighted by molar-refractivity contribution is -0.152. The predicted octanol–water partition coefficient (Wildman–Crippen LogP) is 2.36. The molecule has 21 heavy (non-hydrogen) atoms. The van der Waals surface area contributed by atoms with E-state index in [1.165, 1.54) is 13.2 Å². The molecule has 4 nitrogen and oxygen atoms in total. The molecule has 0 spiro atoms. The minimum atomic E-state index is -0.949. The van der Waals surface area contributed by atoms with E-state index in [1.807, 2.05) is 0 Å². The molecule has 0 saturated heterocycles. The molecule has 0 atom stereocenters. The van der Waals surface area contributed by atoms with E-state index in [0.29, 0.717) is 18.4 Å². The number of amides is 1. The summed E-state index contributed by atoms with van der Waals surface area (Å²) in [6, 6.07) is 6.15. The fourth-order valence-electron chi connectivity index (χ4n) is 2.86. The molecule has 0 heterocycles. The number of hydrogen-bond acceptors (Lipinski definition) is 3. The van der Waals surface area contributed by atoms with Crippen LogP contribution in [0.5, 0.6) is 0 Å². The first-order valence-electron chi connectivity index (χ1n) is 7.20. The smallest absolute Gasteiger partial charge is 0.331 e. The molecule has 1 aliphatic rings. The Hall–Kier alpha value is -1.91. The zero-order chi connectivity index (χ0) is 15.3. The maximum absolute atomic E-state index is 13.6. The zero-order valence-electron chi connectivity index (χ0n) is 12.2. The minimum absolute atomic E-state index is 0.0780. The summed E-state index contributed by atoms with van der Waals surface area (Å²) in [6.07, 6.45) is 3.85. The van der Waals surface area contributed by atoms with Gasteiger partial charge in [-0.1, -0.05) is 37.5 Å². The van der Waals surface area contributed by atoms with Crippen LogP contribution in [-0.2, 0) is 20.7 Å². The van der Waals surface area contributed by atoms with Gasteiger partial charge in [0.1, 0.15) is 11.4 Å². The molecule has 1 N–H and O–H groups in total. The number of rotatable bonds is 4. The van der Waals surface area contributed by atoms with Crippen molar-refractivity contribution >= 4 is 11.9 Å². The van der Waals surface area contributed by atoms with Gasteiger partial charge in [0.05, 0.1) is 13.5 Å². The number of carbonyl (C=O) groups excluding carboxylic acids is 2. The first-order chi connectivity index (χ1) is 10.1. The van der Waals surface area contributed by atoms with Crippen LogP contribution in [0.1, 0.15) is 37.7 Å². The van der Waals surface area contributed by atoms with Gasteiger partial charge >= 0.3 is 5.97 Å². The molecule has 114 valence electrons. The highest BCUT2D eigenvalue weighted by Gasteiger charge is 2.41. The van der Waals surface area contributed by atoms with E-state index in [2.05, 4.69) is 5.32 Å². The van der Waals surface area contributed by atoms with Gasteiger partial charge in [-0.2, -0.15) is 0 Å². The van der Waals surface area contributed by atoms with Gasteiger partial charge in [-0.25, -0.2) is 9.18 Å². The van der Waals surface area contributed by atoms with Gasteiger partial charge in [-0.05, 0) is 24.5 Å². The first kappa shape index (κ1) is 15.5. The molecule has 1 aromatic rings. The van der Waals surface area contributed by atoms with Crippen LogP contribution in [0.3, 0.4) is 0 Å². The summed E-state index contributed by atoms with van der Waals surface area (Å²) in [6.45, 7) is 0. The summed E-state index contributed by atoms with van der Waals surface area (Å²) in [7, 11) is 1.32. The standard InChI is InChI=1S/C16H20FNO3/c1-21-15(20)16(9-5-2-6-10-16)18-14(19)11-12-7-3-4-8-13(12)17/h3-4,7-8H,2,5-6,9-11H2,1H3,(H,18,19). The number of carbonyl (C=O) groups is 2. The van der Waals surface area contributed by atoms with Crippen molar-refractivity contribution in [3.05, 3.63) is 35.6 Å². The van der Waals surface area contributed by atoms with Crippen molar-refractivity contribution in [3.8, 4) is 0 Å². The van der Waals surface area contributed by atoms with Crippen LogP contribution in [0.4, 0.5) is 4.39 Å². The summed E-state index contributed by atoms with van der Waals surface area (Å²) < 4.78 is 18.4. The number of benzene rings is 1. The van der Waals surface area contributed by atoms with Gasteiger partial charge in [0.25, 0.3) is 0 Å². The van der Waals surface area contributed by atoms with Crippen LogP contribution in [-0.4, -0.2) is 24.5 Å². The average molecular weight is 293 g/mol. The van der Waals surface area contributed by atoms with Gasteiger partial charge in [-0.3, -0.25) is 4.79 Å². The average Bonchev–Trinajstić information content (AvgIpc) is 2.49. The Balaban J connectivity index is 2.08. The van der Waals surface area contributed by atoms with E-state index in [-0.39, 0.29) is 12.3 Å². The molecule has 0 radical (unpaired) electrons. The topological polar surface area (TPSA) is 55.4 Å². The molecule has 1 fully saturated rings. The van der Waals surface area contributed by atoms with E-state index < -0.39 is 17.3 Å². The number of ether oxygens (including phenoxy) is 1. The zero-order valence-corrected chi connectivity index (χ0v) is 12.2. The predicted molar refractivity (Wildman–Crippen MR) is 76.1 cm³/mol. The lowest BCUT2D eigenvalue weighted by atomic mass is 9.81. The fraction of sp³-hybridized carbons (Fsp3) is 0.500. The largest absolute Gasteiger partial charge is 0.467 e. The van der Waals surface area contributed by atoms with Crippen molar-refractivity contribution in [3.63, 3.8) is 0 Å². The highest BCUT2D eigenvalue weighted by molar-refractivity contribution is 5.89. The van der Waals surface area contributed by atoms with Crippen molar-refractivity contribution in [1.82, 2.24) is 5.32 Å². The summed E-state index contributed by atoms with van der Waals surface area (Å²) >= 11 is 0. The number of halogens is 1. The van der Waals surface area contributed by atoms with Crippen LogP contribution < -0.4 is 5.32 Å². The summed E-state index contributed by atoms with van der Waals surface area (Å²) in [4.78, 5) is 24.2. The first-order valence-corrected chi connectivity index (χ1v) is 7.20. The number of hydrogen-bond donors (Lipinski definition) is 1. The van der Waals surface area contributed by atoms with Crippen molar-refractivity contribution in [2.24, 2.45) is 0 Å². The van der Waals surface area contributed by atoms with E-state index in [4.69, 9.17) is 4.74 Å². The molecule has 1 aliphatic carbocycles. The molecule has 1 amide bonds. The van der Waals surface area contributed by atoms with E-state index in [0.717, 1.165) is 19.3 Å². The Morgan fingerprint density at radius 2 is 1.90 bits per heavy atom. The molecule has 1 aromatic carbocycles.